The van der Waals surface area contributed by atoms with Crippen molar-refractivity contribution in [3.63, 3.8) is 0 Å². The van der Waals surface area contributed by atoms with Crippen LogP contribution in [0.5, 0.6) is 0 Å². The molecule has 3 fully saturated rings. The molecule has 2 aliphatic carbocycles. The molecule has 2 amide bonds. The number of rotatable bonds is 5. The Morgan fingerprint density at radius 1 is 1.32 bits per heavy atom. The van der Waals surface area contributed by atoms with Gasteiger partial charge in [-0.25, -0.2) is 0 Å². The van der Waals surface area contributed by atoms with E-state index in [1.165, 1.54) is 13.5 Å². The number of nitrogens with one attached hydrogen (secondary N) is 1. The second-order valence-electron chi connectivity index (χ2n) is 8.69. The molecule has 2 saturated carbocycles. The summed E-state index contributed by atoms with van der Waals surface area (Å²) in [6.07, 6.45) is 7.08. The Bertz CT molecular complexity index is 730. The molecule has 0 bridgehead atoms. The van der Waals surface area contributed by atoms with Gasteiger partial charge >= 0.3 is 0 Å². The van der Waals surface area contributed by atoms with Crippen LogP contribution >= 0.6 is 0 Å². The van der Waals surface area contributed by atoms with Crippen molar-refractivity contribution in [2.24, 2.45) is 11.8 Å². The molecule has 0 radical (unpaired) electrons. The Labute approximate surface area is 165 Å². The Morgan fingerprint density at radius 3 is 2.79 bits per heavy atom. The molecule has 0 aromatic carbocycles. The van der Waals surface area contributed by atoms with Gasteiger partial charge in [-0.1, -0.05) is 24.4 Å². The van der Waals surface area contributed by atoms with Crippen LogP contribution in [0.2, 0.25) is 0 Å². The molecule has 1 aliphatic heterocycles. The van der Waals surface area contributed by atoms with Crippen LogP contribution in [0, 0.1) is 18.8 Å². The number of hydrogen-bond acceptors (Lipinski definition) is 6. The van der Waals surface area contributed by atoms with Crippen molar-refractivity contribution in [1.82, 2.24) is 20.4 Å². The molecular weight excluding hydrogens is 360 g/mol. The lowest BCUT2D eigenvalue weighted by Gasteiger charge is -2.26. The van der Waals surface area contributed by atoms with Crippen molar-refractivity contribution >= 4 is 11.8 Å². The number of methoxy groups -OCH3 is 1. The molecular formula is C20H30N4O4. The predicted octanol–water partition coefficient (Wildman–Crippen LogP) is 1.58. The summed E-state index contributed by atoms with van der Waals surface area (Å²) in [6.45, 7) is 3.06. The summed E-state index contributed by atoms with van der Waals surface area (Å²) in [6, 6.07) is 0.0892. The van der Waals surface area contributed by atoms with E-state index in [1.807, 2.05) is 4.90 Å². The highest BCUT2D eigenvalue weighted by atomic mass is 16.5. The highest BCUT2D eigenvalue weighted by molar-refractivity contribution is 5.79. The first kappa shape index (κ1) is 19.4. The number of carbonyl (C=O) groups is 2. The van der Waals surface area contributed by atoms with Gasteiger partial charge < -0.3 is 19.5 Å². The van der Waals surface area contributed by atoms with E-state index in [2.05, 4.69) is 15.5 Å². The average Bonchev–Trinajstić information content (AvgIpc) is 3.35. The molecule has 2 heterocycles. The lowest BCUT2D eigenvalue weighted by Crippen LogP contribution is -2.42. The molecule has 1 aromatic heterocycles. The summed E-state index contributed by atoms with van der Waals surface area (Å²) in [7, 11) is 1.53. The molecule has 28 heavy (non-hydrogen) atoms. The minimum Gasteiger partial charge on any atom is -0.375 e. The minimum atomic E-state index is -0.380. The number of ether oxygens (including phenoxy) is 1. The molecule has 8 heteroatoms. The van der Waals surface area contributed by atoms with E-state index in [0.29, 0.717) is 24.8 Å². The van der Waals surface area contributed by atoms with Crippen molar-refractivity contribution in [3.05, 3.63) is 11.7 Å². The highest BCUT2D eigenvalue weighted by Gasteiger charge is 2.58. The van der Waals surface area contributed by atoms with E-state index in [0.717, 1.165) is 38.5 Å². The molecule has 154 valence electrons. The Kier molecular flexibility index (Phi) is 5.40. The van der Waals surface area contributed by atoms with Gasteiger partial charge in [0.05, 0.1) is 5.41 Å². The third kappa shape index (κ3) is 3.54. The number of fused-ring (bicyclic) bond motifs is 1. The second kappa shape index (κ2) is 7.81. The van der Waals surface area contributed by atoms with E-state index in [1.54, 1.807) is 6.92 Å². The Balaban J connectivity index is 1.49. The van der Waals surface area contributed by atoms with Gasteiger partial charge in [0.1, 0.15) is 6.61 Å². The molecule has 8 nitrogen and oxygen atoms in total. The van der Waals surface area contributed by atoms with Crippen LogP contribution in [0.3, 0.4) is 0 Å². The number of nitrogens with zero attached hydrogens (tertiary/aromatic N) is 3. The first-order chi connectivity index (χ1) is 13.5. The second-order valence-corrected chi connectivity index (χ2v) is 8.69. The number of amides is 2. The van der Waals surface area contributed by atoms with Gasteiger partial charge in [0.15, 0.2) is 5.82 Å². The van der Waals surface area contributed by atoms with Crippen LogP contribution in [0.1, 0.15) is 56.7 Å². The number of aryl methyl sites for hydroxylation is 1. The summed E-state index contributed by atoms with van der Waals surface area (Å²) in [5, 5.41) is 7.27. The largest absolute Gasteiger partial charge is 0.375 e. The monoisotopic (exact) mass is 390 g/mol. The maximum Gasteiger partial charge on any atom is 0.248 e. The van der Waals surface area contributed by atoms with E-state index < -0.39 is 0 Å². The van der Waals surface area contributed by atoms with Gasteiger partial charge in [-0.05, 0) is 38.5 Å². The Hall–Kier alpha value is -1.96. The first-order valence-corrected chi connectivity index (χ1v) is 10.4. The van der Waals surface area contributed by atoms with E-state index in [-0.39, 0.29) is 41.7 Å². The fraction of sp³-hybridized carbons (Fsp3) is 0.800. The molecule has 1 saturated heterocycles. The normalized spacial score (nSPS) is 30.4. The molecule has 4 rings (SSSR count). The summed E-state index contributed by atoms with van der Waals surface area (Å²) >= 11 is 0. The summed E-state index contributed by atoms with van der Waals surface area (Å²) in [5.74, 6) is 1.71. The standard InChI is InChI=1S/C20H30N4O4/c1-13-21-19(28-23-13)20-9-16(22-18(26)14-6-4-3-5-7-14)8-15(20)10-24(12-20)17(25)11-27-2/h14-16H,3-12H2,1-2H3,(H,22,26)/t15?,16-,20+/m1/s1. The van der Waals surface area contributed by atoms with Crippen LogP contribution in [0.25, 0.3) is 0 Å². The molecule has 1 aromatic rings. The van der Waals surface area contributed by atoms with Crippen molar-refractivity contribution in [2.45, 2.75) is 63.3 Å². The van der Waals surface area contributed by atoms with E-state index in [9.17, 15) is 9.59 Å². The van der Waals surface area contributed by atoms with E-state index in [4.69, 9.17) is 9.26 Å². The molecule has 1 unspecified atom stereocenters. The number of carbonyl (C=O) groups excluding carboxylic acids is 2. The molecule has 3 aliphatic rings. The maximum absolute atomic E-state index is 12.7. The van der Waals surface area contributed by atoms with Gasteiger partial charge in [0.25, 0.3) is 0 Å². The zero-order chi connectivity index (χ0) is 19.7. The van der Waals surface area contributed by atoms with Crippen LogP contribution in [0.15, 0.2) is 4.52 Å². The lowest BCUT2D eigenvalue weighted by molar-refractivity contribution is -0.134. The van der Waals surface area contributed by atoms with Crippen LogP contribution < -0.4 is 5.32 Å². The average molecular weight is 390 g/mol. The maximum atomic E-state index is 12.7. The van der Waals surface area contributed by atoms with Crippen molar-refractivity contribution in [3.8, 4) is 0 Å². The first-order valence-electron chi connectivity index (χ1n) is 10.4. The molecule has 1 N–H and O–H groups in total. The fourth-order valence-corrected chi connectivity index (χ4v) is 5.40. The fourth-order valence-electron chi connectivity index (χ4n) is 5.40. The van der Waals surface area contributed by atoms with Gasteiger partial charge in [-0.2, -0.15) is 4.98 Å². The van der Waals surface area contributed by atoms with Gasteiger partial charge in [0.2, 0.25) is 17.7 Å². The van der Waals surface area contributed by atoms with Gasteiger partial charge in [-0.15, -0.1) is 0 Å². The van der Waals surface area contributed by atoms with Crippen LogP contribution in [-0.4, -0.2) is 59.7 Å². The molecule has 3 atom stereocenters. The minimum absolute atomic E-state index is 0.0182. The van der Waals surface area contributed by atoms with E-state index >= 15 is 0 Å². The summed E-state index contributed by atoms with van der Waals surface area (Å²) < 4.78 is 10.6. The van der Waals surface area contributed by atoms with Crippen LogP contribution in [-0.2, 0) is 19.7 Å². The highest BCUT2D eigenvalue weighted by Crippen LogP contribution is 2.50. The number of aromatic nitrogens is 2. The SMILES string of the molecule is COCC(=O)N1CC2C[C@@H](NC(=O)C3CCCCC3)C[C@]2(c2nc(C)no2)C1. The van der Waals surface area contributed by atoms with Crippen molar-refractivity contribution < 1.29 is 18.8 Å². The summed E-state index contributed by atoms with van der Waals surface area (Å²) in [5.41, 5.74) is -0.380. The number of likely N-dealkylation sites (tertiary alicyclic amines) is 1. The molecule has 0 spiro atoms. The topological polar surface area (TPSA) is 97.6 Å². The predicted molar refractivity (Wildman–Crippen MR) is 100 cm³/mol. The van der Waals surface area contributed by atoms with Crippen LogP contribution in [0.4, 0.5) is 0 Å². The Morgan fingerprint density at radius 2 is 2.11 bits per heavy atom. The lowest BCUT2D eigenvalue weighted by atomic mass is 9.80. The zero-order valence-corrected chi connectivity index (χ0v) is 16.8. The van der Waals surface area contributed by atoms with Gasteiger partial charge in [-0.3, -0.25) is 9.59 Å². The zero-order valence-electron chi connectivity index (χ0n) is 16.8. The van der Waals surface area contributed by atoms with Crippen molar-refractivity contribution in [1.29, 1.82) is 0 Å². The van der Waals surface area contributed by atoms with Gasteiger partial charge in [0, 0.05) is 32.2 Å². The summed E-state index contributed by atoms with van der Waals surface area (Å²) in [4.78, 5) is 31.5. The smallest absolute Gasteiger partial charge is 0.248 e. The van der Waals surface area contributed by atoms with Crippen molar-refractivity contribution in [2.75, 3.05) is 26.8 Å². The third-order valence-corrected chi connectivity index (χ3v) is 6.77. The number of hydrogen-bond donors (Lipinski definition) is 1. The third-order valence-electron chi connectivity index (χ3n) is 6.77. The quantitative estimate of drug-likeness (QED) is 0.820.